The van der Waals surface area contributed by atoms with E-state index in [1.165, 1.54) is 12.3 Å². The number of halogens is 1. The van der Waals surface area contributed by atoms with Gasteiger partial charge in [-0.25, -0.2) is 13.4 Å². The molecule has 0 amide bonds. The van der Waals surface area contributed by atoms with Gasteiger partial charge in [0, 0.05) is 16.9 Å². The lowest BCUT2D eigenvalue weighted by molar-refractivity contribution is 0.599. The maximum Gasteiger partial charge on any atom is 0.194 e. The fraction of sp³-hybridized carbons (Fsp3) is 0.167. The smallest absolute Gasteiger partial charge is 0.194 e. The molecule has 66 valence electrons. The minimum Gasteiger partial charge on any atom is -0.396 e. The fourth-order valence-electron chi connectivity index (χ4n) is 0.752. The number of nitrogens with two attached hydrogens (primary N) is 1. The molecule has 0 saturated heterocycles. The molecule has 0 saturated carbocycles. The summed E-state index contributed by atoms with van der Waals surface area (Å²) in [4.78, 5) is 3.69. The Kier molecular flexibility index (Phi) is 2.39. The second-order valence-corrected chi connectivity index (χ2v) is 5.17. The monoisotopic (exact) mass is 250 g/mol. The van der Waals surface area contributed by atoms with Crippen LogP contribution in [0.3, 0.4) is 0 Å². The SMILES string of the molecule is CS(=O)(=O)c1ncc(Br)cc1N. The minimum atomic E-state index is -3.31. The number of nitrogen functional groups attached to an aromatic ring is 1. The van der Waals surface area contributed by atoms with E-state index in [0.717, 1.165) is 6.26 Å². The van der Waals surface area contributed by atoms with Crippen LogP contribution < -0.4 is 5.73 Å². The predicted molar refractivity (Wildman–Crippen MR) is 49.5 cm³/mol. The Bertz CT molecular complexity index is 402. The number of aromatic nitrogens is 1. The third-order valence-electron chi connectivity index (χ3n) is 1.20. The summed E-state index contributed by atoms with van der Waals surface area (Å²) >= 11 is 3.13. The number of anilines is 1. The zero-order valence-corrected chi connectivity index (χ0v) is 8.68. The summed E-state index contributed by atoms with van der Waals surface area (Å²) in [5, 5.41) is -0.0781. The van der Waals surface area contributed by atoms with E-state index in [9.17, 15) is 8.42 Å². The van der Waals surface area contributed by atoms with Gasteiger partial charge in [0.05, 0.1) is 5.69 Å². The Balaban J connectivity index is 3.39. The molecule has 0 aromatic carbocycles. The summed E-state index contributed by atoms with van der Waals surface area (Å²) in [6.45, 7) is 0. The number of hydrogen-bond donors (Lipinski definition) is 1. The highest BCUT2D eigenvalue weighted by Gasteiger charge is 2.12. The fourth-order valence-corrected chi connectivity index (χ4v) is 1.83. The van der Waals surface area contributed by atoms with E-state index in [1.807, 2.05) is 0 Å². The number of nitrogens with zero attached hydrogens (tertiary/aromatic N) is 1. The molecule has 2 N–H and O–H groups in total. The molecule has 6 heteroatoms. The maximum absolute atomic E-state index is 11.0. The Morgan fingerprint density at radius 1 is 1.58 bits per heavy atom. The van der Waals surface area contributed by atoms with Crippen molar-refractivity contribution in [3.63, 3.8) is 0 Å². The third-order valence-corrected chi connectivity index (χ3v) is 2.67. The van der Waals surface area contributed by atoms with Crippen LogP contribution in [0.1, 0.15) is 0 Å². The second-order valence-electron chi connectivity index (χ2n) is 2.32. The summed E-state index contributed by atoms with van der Waals surface area (Å²) in [5.74, 6) is 0. The lowest BCUT2D eigenvalue weighted by atomic mass is 10.4. The molecule has 0 unspecified atom stereocenters. The van der Waals surface area contributed by atoms with E-state index in [2.05, 4.69) is 20.9 Å². The Morgan fingerprint density at radius 2 is 2.17 bits per heavy atom. The first-order valence-electron chi connectivity index (χ1n) is 3.02. The molecule has 4 nitrogen and oxygen atoms in total. The lowest BCUT2D eigenvalue weighted by Crippen LogP contribution is -2.04. The van der Waals surface area contributed by atoms with Crippen molar-refractivity contribution in [2.24, 2.45) is 0 Å². The minimum absolute atomic E-state index is 0.0781. The summed E-state index contributed by atoms with van der Waals surface area (Å²) in [6.07, 6.45) is 2.46. The second kappa shape index (κ2) is 3.02. The Morgan fingerprint density at radius 3 is 2.58 bits per heavy atom. The van der Waals surface area contributed by atoms with Crippen LogP contribution in [0.15, 0.2) is 21.8 Å². The molecule has 0 bridgehead atoms. The van der Waals surface area contributed by atoms with Crippen LogP contribution in [0.4, 0.5) is 5.69 Å². The third kappa shape index (κ3) is 1.95. The summed E-state index contributed by atoms with van der Waals surface area (Å²) < 4.78 is 22.7. The molecule has 1 rings (SSSR count). The van der Waals surface area contributed by atoms with Gasteiger partial charge in [-0.1, -0.05) is 0 Å². The highest BCUT2D eigenvalue weighted by molar-refractivity contribution is 9.10. The summed E-state index contributed by atoms with van der Waals surface area (Å²) in [6, 6.07) is 1.50. The average Bonchev–Trinajstić information content (AvgIpc) is 1.83. The van der Waals surface area contributed by atoms with E-state index < -0.39 is 9.84 Å². The number of rotatable bonds is 1. The molecular weight excluding hydrogens is 244 g/mol. The van der Waals surface area contributed by atoms with Gasteiger partial charge in [0.25, 0.3) is 0 Å². The van der Waals surface area contributed by atoms with Crippen molar-refractivity contribution in [3.05, 3.63) is 16.7 Å². The first kappa shape index (κ1) is 9.47. The van der Waals surface area contributed by atoms with Crippen molar-refractivity contribution in [1.82, 2.24) is 4.98 Å². The average molecular weight is 251 g/mol. The molecular formula is C6H7BrN2O2S. The highest BCUT2D eigenvalue weighted by Crippen LogP contribution is 2.19. The van der Waals surface area contributed by atoms with Crippen molar-refractivity contribution in [3.8, 4) is 0 Å². The quantitative estimate of drug-likeness (QED) is 0.802. The zero-order valence-electron chi connectivity index (χ0n) is 6.28. The summed E-state index contributed by atoms with van der Waals surface area (Å²) in [7, 11) is -3.31. The number of sulfone groups is 1. The summed E-state index contributed by atoms with van der Waals surface area (Å²) in [5.41, 5.74) is 5.60. The first-order chi connectivity index (χ1) is 5.41. The largest absolute Gasteiger partial charge is 0.396 e. The molecule has 1 heterocycles. The van der Waals surface area contributed by atoms with Crippen LogP contribution in [0.25, 0.3) is 0 Å². The molecule has 0 aliphatic rings. The van der Waals surface area contributed by atoms with Crippen molar-refractivity contribution in [2.75, 3.05) is 12.0 Å². The van der Waals surface area contributed by atoms with Gasteiger partial charge in [-0.3, -0.25) is 0 Å². The van der Waals surface area contributed by atoms with Gasteiger partial charge in [0.2, 0.25) is 0 Å². The molecule has 0 aliphatic heterocycles. The van der Waals surface area contributed by atoms with Crippen LogP contribution in [0, 0.1) is 0 Å². The molecule has 1 aromatic rings. The highest BCUT2D eigenvalue weighted by atomic mass is 79.9. The van der Waals surface area contributed by atoms with Gasteiger partial charge in [-0.2, -0.15) is 0 Å². The van der Waals surface area contributed by atoms with E-state index >= 15 is 0 Å². The van der Waals surface area contributed by atoms with Crippen LogP contribution in [-0.2, 0) is 9.84 Å². The molecule has 0 radical (unpaired) electrons. The van der Waals surface area contributed by atoms with Crippen molar-refractivity contribution < 1.29 is 8.42 Å². The predicted octanol–water partition coefficient (Wildman–Crippen LogP) is 0.830. The van der Waals surface area contributed by atoms with E-state index in [-0.39, 0.29) is 10.7 Å². The molecule has 0 spiro atoms. The van der Waals surface area contributed by atoms with Crippen molar-refractivity contribution in [1.29, 1.82) is 0 Å². The van der Waals surface area contributed by atoms with Crippen LogP contribution in [0.2, 0.25) is 0 Å². The van der Waals surface area contributed by atoms with Gasteiger partial charge in [-0.15, -0.1) is 0 Å². The molecule has 0 fully saturated rings. The lowest BCUT2D eigenvalue weighted by Gasteiger charge is -2.01. The van der Waals surface area contributed by atoms with Gasteiger partial charge >= 0.3 is 0 Å². The molecule has 12 heavy (non-hydrogen) atoms. The topological polar surface area (TPSA) is 73.0 Å². The van der Waals surface area contributed by atoms with Gasteiger partial charge in [0.15, 0.2) is 14.9 Å². The van der Waals surface area contributed by atoms with Crippen LogP contribution in [0.5, 0.6) is 0 Å². The Hall–Kier alpha value is -0.620. The van der Waals surface area contributed by atoms with Gasteiger partial charge < -0.3 is 5.73 Å². The molecule has 0 aliphatic carbocycles. The van der Waals surface area contributed by atoms with Gasteiger partial charge in [-0.05, 0) is 22.0 Å². The maximum atomic E-state index is 11.0. The zero-order chi connectivity index (χ0) is 9.35. The number of pyridine rings is 1. The first-order valence-corrected chi connectivity index (χ1v) is 5.71. The van der Waals surface area contributed by atoms with E-state index in [0.29, 0.717) is 4.47 Å². The standard InChI is InChI=1S/C6H7BrN2O2S/c1-12(10,11)6-5(8)2-4(7)3-9-6/h2-3H,8H2,1H3. The normalized spacial score (nSPS) is 11.5. The molecule has 1 aromatic heterocycles. The van der Waals surface area contributed by atoms with Crippen LogP contribution >= 0.6 is 15.9 Å². The van der Waals surface area contributed by atoms with Crippen molar-refractivity contribution in [2.45, 2.75) is 5.03 Å². The van der Waals surface area contributed by atoms with Gasteiger partial charge in [0.1, 0.15) is 0 Å². The Labute approximate surface area is 78.8 Å². The van der Waals surface area contributed by atoms with E-state index in [1.54, 1.807) is 0 Å². The number of hydrogen-bond acceptors (Lipinski definition) is 4. The van der Waals surface area contributed by atoms with E-state index in [4.69, 9.17) is 5.73 Å². The molecule has 0 atom stereocenters. The van der Waals surface area contributed by atoms with Crippen LogP contribution in [-0.4, -0.2) is 19.7 Å². The van der Waals surface area contributed by atoms with Crippen molar-refractivity contribution >= 4 is 31.5 Å².